The van der Waals surface area contributed by atoms with Gasteiger partial charge in [-0.3, -0.25) is 9.89 Å². The summed E-state index contributed by atoms with van der Waals surface area (Å²) in [5.41, 5.74) is 2.89. The number of ether oxygens (including phenoxy) is 1. The van der Waals surface area contributed by atoms with Crippen LogP contribution in [-0.2, 0) is 5.60 Å². The van der Waals surface area contributed by atoms with Crippen LogP contribution in [0.1, 0.15) is 28.8 Å². The van der Waals surface area contributed by atoms with E-state index in [0.717, 1.165) is 27.6 Å². The number of carbonyl (C=O) groups is 1. The molecule has 4 N–H and O–H groups in total. The Kier molecular flexibility index (Phi) is 4.54. The molecule has 2 saturated carbocycles. The molecule has 2 fully saturated rings. The molecule has 4 aromatic rings. The first-order valence-electron chi connectivity index (χ1n) is 10.9. The molecule has 2 aromatic carbocycles. The molecule has 2 aliphatic rings. The minimum absolute atomic E-state index is 0.0530. The molecule has 0 saturated heterocycles. The number of halogens is 1. The molecule has 1 amide bonds. The zero-order valence-corrected chi connectivity index (χ0v) is 18.7. The molecule has 168 valence electrons. The Hall–Kier alpha value is -3.29. The molecule has 4 atom stereocenters. The number of amides is 1. The molecule has 0 radical (unpaired) electrons. The van der Waals surface area contributed by atoms with Gasteiger partial charge >= 0.3 is 0 Å². The Morgan fingerprint density at radius 1 is 1.21 bits per heavy atom. The van der Waals surface area contributed by atoms with Gasteiger partial charge in [0.1, 0.15) is 5.75 Å². The molecule has 0 spiro atoms. The van der Waals surface area contributed by atoms with Gasteiger partial charge in [0, 0.05) is 40.0 Å². The quantitative estimate of drug-likeness (QED) is 0.356. The second kappa shape index (κ2) is 7.37. The molecule has 7 nitrogen and oxygen atoms in total. The first-order chi connectivity index (χ1) is 16.0. The van der Waals surface area contributed by atoms with Crippen LogP contribution in [0.4, 0.5) is 0 Å². The van der Waals surface area contributed by atoms with Crippen LogP contribution in [0.25, 0.3) is 22.0 Å². The third kappa shape index (κ3) is 3.22. The van der Waals surface area contributed by atoms with E-state index >= 15 is 0 Å². The maximum Gasteiger partial charge on any atom is 0.253 e. The van der Waals surface area contributed by atoms with Crippen LogP contribution in [0, 0.1) is 11.8 Å². The van der Waals surface area contributed by atoms with E-state index in [-0.39, 0.29) is 23.8 Å². The summed E-state index contributed by atoms with van der Waals surface area (Å²) in [7, 11) is 1.62. The molecular weight excluding hydrogens is 440 g/mol. The molecule has 6 rings (SSSR count). The second-order valence-electron chi connectivity index (χ2n) is 9.03. The van der Waals surface area contributed by atoms with E-state index in [0.29, 0.717) is 29.2 Å². The SMILES string of the molecule is COc1ccccc1-c1c[nH]cc1C(=O)N[C@@H]1[C@@H]2C[C@@](O)(c3cc(Cl)cc4[nH]ncc34)C[C@@H]21. The fourth-order valence-electron chi connectivity index (χ4n) is 5.57. The van der Waals surface area contributed by atoms with Crippen molar-refractivity contribution in [1.82, 2.24) is 20.5 Å². The van der Waals surface area contributed by atoms with Crippen molar-refractivity contribution in [3.8, 4) is 16.9 Å². The van der Waals surface area contributed by atoms with Crippen molar-refractivity contribution in [2.45, 2.75) is 24.5 Å². The highest BCUT2D eigenvalue weighted by Crippen LogP contribution is 2.60. The maximum absolute atomic E-state index is 13.1. The molecule has 0 aliphatic heterocycles. The van der Waals surface area contributed by atoms with E-state index in [1.807, 2.05) is 42.6 Å². The van der Waals surface area contributed by atoms with Crippen molar-refractivity contribution >= 4 is 28.4 Å². The number of para-hydroxylation sites is 1. The Morgan fingerprint density at radius 2 is 2.00 bits per heavy atom. The van der Waals surface area contributed by atoms with Gasteiger partial charge in [-0.2, -0.15) is 5.10 Å². The van der Waals surface area contributed by atoms with Crippen molar-refractivity contribution in [2.24, 2.45) is 11.8 Å². The Labute approximate surface area is 195 Å². The minimum atomic E-state index is -0.972. The van der Waals surface area contributed by atoms with Gasteiger partial charge in [-0.05, 0) is 48.4 Å². The van der Waals surface area contributed by atoms with Gasteiger partial charge in [0.25, 0.3) is 5.91 Å². The minimum Gasteiger partial charge on any atom is -0.496 e. The number of fused-ring (bicyclic) bond motifs is 2. The number of H-pyrrole nitrogens is 2. The van der Waals surface area contributed by atoms with Crippen molar-refractivity contribution in [1.29, 1.82) is 0 Å². The lowest BCUT2D eigenvalue weighted by Crippen LogP contribution is -2.33. The van der Waals surface area contributed by atoms with E-state index in [9.17, 15) is 9.90 Å². The molecule has 2 aromatic heterocycles. The predicted octanol–water partition coefficient (Wildman–Crippen LogP) is 4.25. The normalized spacial score (nSPS) is 25.7. The predicted molar refractivity (Wildman–Crippen MR) is 125 cm³/mol. The highest BCUT2D eigenvalue weighted by Gasteiger charge is 2.62. The molecule has 0 unspecified atom stereocenters. The summed E-state index contributed by atoms with van der Waals surface area (Å²) in [6.45, 7) is 0. The topological polar surface area (TPSA) is 103 Å². The average molecular weight is 463 g/mol. The lowest BCUT2D eigenvalue weighted by molar-refractivity contribution is 0.0293. The van der Waals surface area contributed by atoms with E-state index in [2.05, 4.69) is 20.5 Å². The third-order valence-electron chi connectivity index (χ3n) is 7.19. The number of nitrogens with zero attached hydrogens (tertiary/aromatic N) is 1. The molecule has 33 heavy (non-hydrogen) atoms. The van der Waals surface area contributed by atoms with E-state index in [4.69, 9.17) is 16.3 Å². The Morgan fingerprint density at radius 3 is 2.79 bits per heavy atom. The number of hydrogen-bond acceptors (Lipinski definition) is 4. The molecule has 2 aliphatic carbocycles. The number of benzene rings is 2. The van der Waals surface area contributed by atoms with Crippen molar-refractivity contribution in [3.63, 3.8) is 0 Å². The fraction of sp³-hybridized carbons (Fsp3) is 0.280. The largest absolute Gasteiger partial charge is 0.496 e. The number of aromatic nitrogens is 3. The fourth-order valence-corrected chi connectivity index (χ4v) is 5.79. The molecule has 8 heteroatoms. The summed E-state index contributed by atoms with van der Waals surface area (Å²) in [4.78, 5) is 16.2. The van der Waals surface area contributed by atoms with Crippen molar-refractivity contribution in [2.75, 3.05) is 7.11 Å². The third-order valence-corrected chi connectivity index (χ3v) is 7.41. The second-order valence-corrected chi connectivity index (χ2v) is 9.47. The lowest BCUT2D eigenvalue weighted by Gasteiger charge is -2.27. The number of aliphatic hydroxyl groups is 1. The van der Waals surface area contributed by atoms with E-state index in [1.54, 1.807) is 19.5 Å². The van der Waals surface area contributed by atoms with Crippen LogP contribution in [0.15, 0.2) is 55.0 Å². The van der Waals surface area contributed by atoms with E-state index < -0.39 is 5.60 Å². The van der Waals surface area contributed by atoms with Gasteiger partial charge in [0.15, 0.2) is 0 Å². The number of rotatable bonds is 5. The summed E-state index contributed by atoms with van der Waals surface area (Å²) in [6, 6.07) is 11.3. The van der Waals surface area contributed by atoms with Gasteiger partial charge in [-0.15, -0.1) is 0 Å². The first-order valence-corrected chi connectivity index (χ1v) is 11.3. The van der Waals surface area contributed by atoms with Crippen LogP contribution < -0.4 is 10.1 Å². The zero-order chi connectivity index (χ0) is 22.7. The molecule has 2 heterocycles. The number of carbonyl (C=O) groups excluding carboxylic acids is 1. The highest BCUT2D eigenvalue weighted by atomic mass is 35.5. The van der Waals surface area contributed by atoms with Gasteiger partial charge < -0.3 is 20.1 Å². The summed E-state index contributed by atoms with van der Waals surface area (Å²) >= 11 is 6.28. The van der Waals surface area contributed by atoms with E-state index in [1.165, 1.54) is 0 Å². The average Bonchev–Trinajstić information content (AvgIpc) is 3.31. The van der Waals surface area contributed by atoms with Gasteiger partial charge in [-0.1, -0.05) is 29.8 Å². The van der Waals surface area contributed by atoms with Crippen LogP contribution >= 0.6 is 11.6 Å². The standard InChI is InChI=1S/C25H23ClN4O3/c1-33-22-5-3-2-4-14(22)17-10-27-11-18(17)24(31)29-23-15-8-25(32,9-16(15)23)20-6-13(26)7-21-19(20)12-28-30-21/h2-7,10-12,15-16,23,27,32H,8-9H2,1H3,(H,28,30)(H,29,31)/t15-,16+,23-,25+. The van der Waals surface area contributed by atoms with Crippen LogP contribution in [0.5, 0.6) is 5.75 Å². The molecular formula is C25H23ClN4O3. The summed E-state index contributed by atoms with van der Waals surface area (Å²) < 4.78 is 5.47. The van der Waals surface area contributed by atoms with Crippen molar-refractivity contribution in [3.05, 3.63) is 71.1 Å². The number of aromatic amines is 2. The zero-order valence-electron chi connectivity index (χ0n) is 17.9. The van der Waals surface area contributed by atoms with Crippen LogP contribution in [-0.4, -0.2) is 39.3 Å². The number of nitrogens with one attached hydrogen (secondary N) is 3. The number of hydrogen-bond donors (Lipinski definition) is 4. The smallest absolute Gasteiger partial charge is 0.253 e. The summed E-state index contributed by atoms with van der Waals surface area (Å²) in [5.74, 6) is 1.05. The van der Waals surface area contributed by atoms with Gasteiger partial charge in [-0.25, -0.2) is 0 Å². The highest BCUT2D eigenvalue weighted by molar-refractivity contribution is 6.31. The van der Waals surface area contributed by atoms with Crippen LogP contribution in [0.3, 0.4) is 0 Å². The monoisotopic (exact) mass is 462 g/mol. The molecule has 0 bridgehead atoms. The van der Waals surface area contributed by atoms with Crippen LogP contribution in [0.2, 0.25) is 5.02 Å². The van der Waals surface area contributed by atoms with Gasteiger partial charge in [0.05, 0.1) is 30.0 Å². The maximum atomic E-state index is 13.1. The first kappa shape index (κ1) is 20.3. The van der Waals surface area contributed by atoms with Gasteiger partial charge in [0.2, 0.25) is 0 Å². The Bertz CT molecular complexity index is 1370. The summed E-state index contributed by atoms with van der Waals surface area (Å²) in [5, 5.41) is 23.1. The summed E-state index contributed by atoms with van der Waals surface area (Å²) in [6.07, 6.45) is 6.42. The number of methoxy groups -OCH3 is 1. The lowest BCUT2D eigenvalue weighted by atomic mass is 9.86. The van der Waals surface area contributed by atoms with Crippen molar-refractivity contribution < 1.29 is 14.6 Å². The Balaban J connectivity index is 1.19.